The Hall–Kier alpha value is -3.49. The largest absolute Gasteiger partial charge is 0.394 e. The van der Waals surface area contributed by atoms with Crippen molar-refractivity contribution in [2.45, 2.75) is 70.1 Å². The van der Waals surface area contributed by atoms with Gasteiger partial charge in [-0.15, -0.1) is 0 Å². The molecule has 3 heterocycles. The summed E-state index contributed by atoms with van der Waals surface area (Å²) in [6, 6.07) is 13.0. The number of nitrogens with zero attached hydrogens (tertiary/aromatic N) is 2. The topological polar surface area (TPSA) is 110 Å². The zero-order chi connectivity index (χ0) is 27.6. The lowest BCUT2D eigenvalue weighted by molar-refractivity contribution is -0.137. The van der Waals surface area contributed by atoms with Crippen LogP contribution in [0, 0.1) is 5.92 Å². The molecular weight excluding hydrogens is 494 g/mol. The van der Waals surface area contributed by atoms with E-state index < -0.39 is 17.4 Å². The van der Waals surface area contributed by atoms with Gasteiger partial charge in [-0.3, -0.25) is 14.4 Å². The highest BCUT2D eigenvalue weighted by atomic mass is 16.3. The second-order valence-corrected chi connectivity index (χ2v) is 10.9. The molecule has 3 atom stereocenters. The number of rotatable bonds is 6. The number of hydrogen-bond acceptors (Lipinski definition) is 5. The number of carbonyl (C=O) groups is 3. The fourth-order valence-electron chi connectivity index (χ4n) is 6.02. The molecule has 0 aromatic heterocycles. The van der Waals surface area contributed by atoms with Crippen molar-refractivity contribution in [3.63, 3.8) is 0 Å². The summed E-state index contributed by atoms with van der Waals surface area (Å²) in [6.45, 7) is 2.70. The number of carbonyl (C=O) groups excluding carboxylic acids is 3. The molecule has 3 N–H and O–H groups in total. The summed E-state index contributed by atoms with van der Waals surface area (Å²) in [4.78, 5) is 42.4. The quantitative estimate of drug-likeness (QED) is 0.493. The lowest BCUT2D eigenvalue weighted by atomic mass is 9.82. The first kappa shape index (κ1) is 27.1. The van der Waals surface area contributed by atoms with E-state index in [2.05, 4.69) is 5.32 Å². The van der Waals surface area contributed by atoms with Crippen molar-refractivity contribution >= 4 is 29.1 Å². The van der Waals surface area contributed by atoms with Crippen molar-refractivity contribution in [3.8, 4) is 0 Å². The molecule has 1 saturated heterocycles. The first-order valence-corrected chi connectivity index (χ1v) is 14.0. The molecule has 2 aromatic carbocycles. The zero-order valence-electron chi connectivity index (χ0n) is 22.4. The molecule has 0 radical (unpaired) electrons. The van der Waals surface area contributed by atoms with Crippen LogP contribution in [0.4, 0.5) is 11.4 Å². The van der Waals surface area contributed by atoms with Crippen LogP contribution < -0.4 is 10.2 Å². The first-order valence-electron chi connectivity index (χ1n) is 14.0. The number of nitrogens with one attached hydrogen (secondary N) is 1. The number of fused-ring (bicyclic) bond motifs is 2. The standard InChI is InChI=1S/C31H37N3O5/c1-21(9-8-13-29(37)34-19-23-11-6-5-10-22(23)17-25(34)20-35)31(39)26-18-24(14-15-27(26)32-30(31)38)33-16-7-3-2-4-12-28(33)36/h5-6,8-11,14-15,18,21,25,35,39H,2-4,7,12-13,16-17,19-20H2,1H3,(H,32,38)/b9-8+/t21-,25-,31+/m0/s1. The minimum absolute atomic E-state index is 0.0587. The van der Waals surface area contributed by atoms with E-state index >= 15 is 0 Å². The lowest BCUT2D eigenvalue weighted by Gasteiger charge is -2.36. The Bertz CT molecular complexity index is 1290. The van der Waals surface area contributed by atoms with Gasteiger partial charge in [-0.2, -0.15) is 0 Å². The molecule has 8 nitrogen and oxygen atoms in total. The molecule has 5 rings (SSSR count). The second-order valence-electron chi connectivity index (χ2n) is 10.9. The van der Waals surface area contributed by atoms with Crippen LogP contribution in [0.5, 0.6) is 0 Å². The maximum atomic E-state index is 13.1. The van der Waals surface area contributed by atoms with Crippen LogP contribution in [0.1, 0.15) is 62.1 Å². The number of hydrogen-bond donors (Lipinski definition) is 3. The van der Waals surface area contributed by atoms with E-state index in [1.807, 2.05) is 30.3 Å². The molecule has 206 valence electrons. The fourth-order valence-corrected chi connectivity index (χ4v) is 6.02. The van der Waals surface area contributed by atoms with Crippen LogP contribution in [0.15, 0.2) is 54.6 Å². The molecule has 3 aliphatic heterocycles. The van der Waals surface area contributed by atoms with Crippen molar-refractivity contribution in [1.82, 2.24) is 4.90 Å². The summed E-state index contributed by atoms with van der Waals surface area (Å²) >= 11 is 0. The summed E-state index contributed by atoms with van der Waals surface area (Å²) in [5.74, 6) is -1.21. The number of anilines is 2. The normalized spacial score (nSPS) is 24.1. The Balaban J connectivity index is 1.31. The Morgan fingerprint density at radius 3 is 2.69 bits per heavy atom. The van der Waals surface area contributed by atoms with Gasteiger partial charge in [-0.25, -0.2) is 0 Å². The SMILES string of the molecule is C[C@@H](/C=C/CC(=O)N1Cc2ccccc2C[C@H]1CO)[C@]1(O)C(=O)Nc2ccc(N3CCCCCCC3=O)cc21. The first-order chi connectivity index (χ1) is 18.8. The monoisotopic (exact) mass is 531 g/mol. The highest BCUT2D eigenvalue weighted by Gasteiger charge is 2.49. The predicted octanol–water partition coefficient (Wildman–Crippen LogP) is 3.65. The van der Waals surface area contributed by atoms with Crippen molar-refractivity contribution in [2.75, 3.05) is 23.4 Å². The highest BCUT2D eigenvalue weighted by Crippen LogP contribution is 2.43. The van der Waals surface area contributed by atoms with Crippen LogP contribution >= 0.6 is 0 Å². The van der Waals surface area contributed by atoms with Gasteiger partial charge >= 0.3 is 0 Å². The Morgan fingerprint density at radius 2 is 1.90 bits per heavy atom. The summed E-state index contributed by atoms with van der Waals surface area (Å²) in [7, 11) is 0. The molecule has 8 heteroatoms. The van der Waals surface area contributed by atoms with E-state index in [4.69, 9.17) is 0 Å². The van der Waals surface area contributed by atoms with E-state index in [-0.39, 0.29) is 30.9 Å². The molecule has 3 aliphatic rings. The third kappa shape index (κ3) is 5.23. The van der Waals surface area contributed by atoms with Crippen molar-refractivity contribution < 1.29 is 24.6 Å². The average Bonchev–Trinajstić information content (AvgIpc) is 3.19. The van der Waals surface area contributed by atoms with Gasteiger partial charge < -0.3 is 25.3 Å². The minimum atomic E-state index is -1.83. The van der Waals surface area contributed by atoms with E-state index in [0.29, 0.717) is 42.9 Å². The van der Waals surface area contributed by atoms with Gasteiger partial charge in [0.2, 0.25) is 11.8 Å². The molecule has 0 unspecified atom stereocenters. The molecule has 0 spiro atoms. The molecule has 39 heavy (non-hydrogen) atoms. The zero-order valence-corrected chi connectivity index (χ0v) is 22.4. The van der Waals surface area contributed by atoms with Crippen LogP contribution in [0.2, 0.25) is 0 Å². The molecule has 3 amide bonds. The summed E-state index contributed by atoms with van der Waals surface area (Å²) in [5.41, 5.74) is 2.05. The third-order valence-electron chi connectivity index (χ3n) is 8.41. The van der Waals surface area contributed by atoms with E-state index in [1.165, 1.54) is 0 Å². The van der Waals surface area contributed by atoms with Crippen molar-refractivity contribution in [3.05, 3.63) is 71.3 Å². The fraction of sp³-hybridized carbons (Fsp3) is 0.452. The molecule has 1 fully saturated rings. The van der Waals surface area contributed by atoms with E-state index in [0.717, 1.165) is 36.8 Å². The molecule has 0 bridgehead atoms. The Labute approximate surface area is 229 Å². The van der Waals surface area contributed by atoms with Crippen molar-refractivity contribution in [2.24, 2.45) is 5.92 Å². The molecule has 0 saturated carbocycles. The van der Waals surface area contributed by atoms with Gasteiger partial charge in [0.05, 0.1) is 12.6 Å². The number of aliphatic hydroxyl groups is 2. The van der Waals surface area contributed by atoms with Gasteiger partial charge in [-0.05, 0) is 48.6 Å². The smallest absolute Gasteiger partial charge is 0.261 e. The van der Waals surface area contributed by atoms with Gasteiger partial charge in [-0.1, -0.05) is 56.2 Å². The molecule has 0 aliphatic carbocycles. The summed E-state index contributed by atoms with van der Waals surface area (Å²) < 4.78 is 0. The predicted molar refractivity (Wildman–Crippen MR) is 149 cm³/mol. The van der Waals surface area contributed by atoms with Gasteiger partial charge in [0.1, 0.15) is 0 Å². The van der Waals surface area contributed by atoms with Gasteiger partial charge in [0, 0.05) is 48.8 Å². The maximum Gasteiger partial charge on any atom is 0.261 e. The van der Waals surface area contributed by atoms with E-state index in [1.54, 1.807) is 41.0 Å². The van der Waals surface area contributed by atoms with Crippen LogP contribution in [-0.2, 0) is 33.0 Å². The lowest BCUT2D eigenvalue weighted by Crippen LogP contribution is -2.46. The Morgan fingerprint density at radius 1 is 1.13 bits per heavy atom. The summed E-state index contributed by atoms with van der Waals surface area (Å²) in [6.07, 6.45) is 8.49. The number of amides is 3. The third-order valence-corrected chi connectivity index (χ3v) is 8.41. The van der Waals surface area contributed by atoms with Crippen LogP contribution in [0.25, 0.3) is 0 Å². The van der Waals surface area contributed by atoms with Crippen LogP contribution in [-0.4, -0.2) is 52.0 Å². The van der Waals surface area contributed by atoms with Crippen LogP contribution in [0.3, 0.4) is 0 Å². The van der Waals surface area contributed by atoms with E-state index in [9.17, 15) is 24.6 Å². The second kappa shape index (κ2) is 11.3. The van der Waals surface area contributed by atoms with Gasteiger partial charge in [0.15, 0.2) is 5.60 Å². The number of aliphatic hydroxyl groups excluding tert-OH is 1. The average molecular weight is 532 g/mol. The van der Waals surface area contributed by atoms with Crippen molar-refractivity contribution in [1.29, 1.82) is 0 Å². The maximum absolute atomic E-state index is 13.1. The minimum Gasteiger partial charge on any atom is -0.394 e. The highest BCUT2D eigenvalue weighted by molar-refractivity contribution is 6.06. The molecule has 2 aromatic rings. The van der Waals surface area contributed by atoms with Gasteiger partial charge in [0.25, 0.3) is 5.91 Å². The summed E-state index contributed by atoms with van der Waals surface area (Å²) in [5, 5.41) is 24.4. The Kier molecular flexibility index (Phi) is 7.86. The number of benzene rings is 2. The molecular formula is C31H37N3O5.